The summed E-state index contributed by atoms with van der Waals surface area (Å²) in [6, 6.07) is 9.10. The Morgan fingerprint density at radius 3 is 2.66 bits per heavy atom. The third-order valence-corrected chi connectivity index (χ3v) is 8.75. The van der Waals surface area contributed by atoms with Crippen molar-refractivity contribution in [1.82, 2.24) is 15.0 Å². The molecule has 188 valence electrons. The lowest BCUT2D eigenvalue weighted by Gasteiger charge is -2.37. The fourth-order valence-corrected chi connectivity index (χ4v) is 4.67. The van der Waals surface area contributed by atoms with Gasteiger partial charge in [-0.3, -0.25) is 0 Å². The highest BCUT2D eigenvalue weighted by Crippen LogP contribution is 2.35. The van der Waals surface area contributed by atoms with Crippen LogP contribution in [0.3, 0.4) is 0 Å². The van der Waals surface area contributed by atoms with Crippen LogP contribution in [0, 0.1) is 0 Å². The van der Waals surface area contributed by atoms with E-state index < -0.39 is 20.6 Å². The zero-order valence-electron chi connectivity index (χ0n) is 20.8. The van der Waals surface area contributed by atoms with Gasteiger partial charge in [-0.05, 0) is 63.1 Å². The molecule has 35 heavy (non-hydrogen) atoms. The van der Waals surface area contributed by atoms with Crippen molar-refractivity contribution in [2.75, 3.05) is 37.5 Å². The van der Waals surface area contributed by atoms with Gasteiger partial charge in [-0.15, -0.1) is 0 Å². The zero-order valence-corrected chi connectivity index (χ0v) is 21.6. The number of nitrogens with one attached hydrogen (secondary N) is 1. The molecule has 4 heterocycles. The van der Waals surface area contributed by atoms with Crippen LogP contribution in [0.4, 0.5) is 5.82 Å². The molecule has 4 rings (SSSR count). The van der Waals surface area contributed by atoms with Gasteiger partial charge in [0.1, 0.15) is 11.5 Å². The minimum Gasteiger partial charge on any atom is -0.461 e. The summed E-state index contributed by atoms with van der Waals surface area (Å²) in [4.78, 5) is 27.0. The molecule has 1 atom stereocenters. The smallest absolute Gasteiger partial charge is 0.354 e. The molecule has 3 aromatic heterocycles. The number of carbonyl (C=O) groups excluding carboxylic acids is 1. The average molecular weight is 501 g/mol. The minimum absolute atomic E-state index is 0.146. The van der Waals surface area contributed by atoms with E-state index in [2.05, 4.69) is 16.8 Å². The Hall–Kier alpha value is -2.98. The largest absolute Gasteiger partial charge is 0.461 e. The molecule has 0 aromatic carbocycles. The van der Waals surface area contributed by atoms with Gasteiger partial charge in [0.15, 0.2) is 9.84 Å². The van der Waals surface area contributed by atoms with E-state index in [1.165, 1.54) is 6.26 Å². The first-order valence-corrected chi connectivity index (χ1v) is 13.7. The lowest BCUT2D eigenvalue weighted by molar-refractivity contribution is 0.0520. The highest BCUT2D eigenvalue weighted by molar-refractivity contribution is 7.91. The fraction of sp³-hybridized carbons (Fsp3) is 0.480. The number of H-pyrrole nitrogens is 1. The average Bonchev–Trinajstić information content (AvgIpc) is 3.27. The fourth-order valence-electron chi connectivity index (χ4n) is 4.12. The molecular weight excluding hydrogens is 468 g/mol. The topological polar surface area (TPSA) is 114 Å². The van der Waals surface area contributed by atoms with E-state index in [9.17, 15) is 13.2 Å². The van der Waals surface area contributed by atoms with Crippen molar-refractivity contribution in [3.8, 4) is 11.4 Å². The maximum Gasteiger partial charge on any atom is 0.354 e. The van der Waals surface area contributed by atoms with Gasteiger partial charge in [0.25, 0.3) is 0 Å². The predicted octanol–water partition coefficient (Wildman–Crippen LogP) is 3.70. The zero-order chi connectivity index (χ0) is 25.4. The van der Waals surface area contributed by atoms with E-state index in [1.807, 2.05) is 18.2 Å². The second-order valence-corrected chi connectivity index (χ2v) is 11.8. The Bertz CT molecular complexity index is 1350. The summed E-state index contributed by atoms with van der Waals surface area (Å²) in [5.74, 6) is 0.259. The number of rotatable bonds is 7. The molecule has 1 fully saturated rings. The van der Waals surface area contributed by atoms with Crippen LogP contribution in [0.5, 0.6) is 0 Å². The summed E-state index contributed by atoms with van der Waals surface area (Å²) in [7, 11) is -3.42. The van der Waals surface area contributed by atoms with Gasteiger partial charge in [-0.1, -0.05) is 6.92 Å². The van der Waals surface area contributed by atoms with Crippen LogP contribution in [0.2, 0.25) is 0 Å². The summed E-state index contributed by atoms with van der Waals surface area (Å²) >= 11 is 0. The van der Waals surface area contributed by atoms with Crippen LogP contribution in [0.1, 0.15) is 50.2 Å². The van der Waals surface area contributed by atoms with E-state index in [-0.39, 0.29) is 12.6 Å². The number of carbonyl (C=O) groups is 1. The first kappa shape index (κ1) is 25.1. The number of morpholine rings is 1. The number of pyridine rings is 2. The number of fused-ring (bicyclic) bond motifs is 1. The van der Waals surface area contributed by atoms with Crippen molar-refractivity contribution in [2.24, 2.45) is 0 Å². The predicted molar refractivity (Wildman–Crippen MR) is 135 cm³/mol. The van der Waals surface area contributed by atoms with Crippen molar-refractivity contribution in [1.29, 1.82) is 0 Å². The van der Waals surface area contributed by atoms with Gasteiger partial charge in [0, 0.05) is 12.8 Å². The molecule has 0 spiro atoms. The van der Waals surface area contributed by atoms with Crippen molar-refractivity contribution >= 4 is 32.7 Å². The Labute approximate surface area is 205 Å². The molecule has 1 aliphatic rings. The number of aromatic amines is 1. The number of aromatic nitrogens is 3. The van der Waals surface area contributed by atoms with Crippen LogP contribution in [0.25, 0.3) is 22.4 Å². The lowest BCUT2D eigenvalue weighted by atomic mass is 10.0. The van der Waals surface area contributed by atoms with Crippen LogP contribution in [-0.2, 0) is 24.1 Å². The Morgan fingerprint density at radius 2 is 1.97 bits per heavy atom. The highest BCUT2D eigenvalue weighted by atomic mass is 32.2. The first-order chi connectivity index (χ1) is 16.5. The summed E-state index contributed by atoms with van der Waals surface area (Å²) in [5, 5.41) is 0. The van der Waals surface area contributed by atoms with E-state index in [0.29, 0.717) is 59.3 Å². The minimum atomic E-state index is -3.42. The van der Waals surface area contributed by atoms with Crippen molar-refractivity contribution < 1.29 is 22.7 Å². The third-order valence-electron chi connectivity index (χ3n) is 6.66. The maximum absolute atomic E-state index is 12.7. The van der Waals surface area contributed by atoms with Crippen molar-refractivity contribution in [2.45, 2.75) is 44.9 Å². The van der Waals surface area contributed by atoms with E-state index in [4.69, 9.17) is 19.4 Å². The van der Waals surface area contributed by atoms with Gasteiger partial charge >= 0.3 is 5.97 Å². The lowest BCUT2D eigenvalue weighted by Crippen LogP contribution is -2.45. The summed E-state index contributed by atoms with van der Waals surface area (Å²) in [6.07, 6.45) is 2.12. The van der Waals surface area contributed by atoms with E-state index in [0.717, 1.165) is 6.42 Å². The summed E-state index contributed by atoms with van der Waals surface area (Å²) < 4.78 is 35.0. The summed E-state index contributed by atoms with van der Waals surface area (Å²) in [6.45, 7) is 9.38. The Balaban J connectivity index is 1.85. The number of hydrogen-bond donors (Lipinski definition) is 1. The van der Waals surface area contributed by atoms with Crippen LogP contribution >= 0.6 is 0 Å². The number of ether oxygens (including phenoxy) is 2. The molecule has 1 N–H and O–H groups in total. The normalized spacial score (nSPS) is 17.1. The number of anilines is 1. The molecule has 0 radical (unpaired) electrons. The van der Waals surface area contributed by atoms with Gasteiger partial charge in [-0.25, -0.2) is 23.2 Å². The Kier molecular flexibility index (Phi) is 6.88. The number of hydrogen-bond acceptors (Lipinski definition) is 8. The molecule has 1 saturated heterocycles. The van der Waals surface area contributed by atoms with Crippen molar-refractivity contribution in [3.63, 3.8) is 0 Å². The molecule has 1 aliphatic heterocycles. The number of nitrogens with zero attached hydrogens (tertiary/aromatic N) is 3. The second kappa shape index (κ2) is 9.58. The molecule has 0 aliphatic carbocycles. The van der Waals surface area contributed by atoms with E-state index >= 15 is 0 Å². The van der Waals surface area contributed by atoms with Crippen LogP contribution < -0.4 is 4.90 Å². The number of sulfone groups is 1. The second-order valence-electron chi connectivity index (χ2n) is 9.24. The van der Waals surface area contributed by atoms with Gasteiger partial charge in [0.2, 0.25) is 0 Å². The van der Waals surface area contributed by atoms with Gasteiger partial charge in [0.05, 0.1) is 53.0 Å². The maximum atomic E-state index is 12.7. The monoisotopic (exact) mass is 500 g/mol. The molecule has 9 nitrogen and oxygen atoms in total. The van der Waals surface area contributed by atoms with Crippen LogP contribution in [0.15, 0.2) is 30.3 Å². The molecular formula is C25H32N4O5S. The summed E-state index contributed by atoms with van der Waals surface area (Å²) in [5.41, 5.74) is 3.41. The van der Waals surface area contributed by atoms with Gasteiger partial charge in [-0.2, -0.15) is 0 Å². The number of esters is 1. The molecule has 0 unspecified atom stereocenters. The third kappa shape index (κ3) is 4.90. The van der Waals surface area contributed by atoms with Crippen LogP contribution in [-0.4, -0.2) is 68.0 Å². The molecule has 10 heteroatoms. The van der Waals surface area contributed by atoms with Crippen molar-refractivity contribution in [3.05, 3.63) is 41.6 Å². The first-order valence-electron chi connectivity index (χ1n) is 11.8. The molecule has 0 saturated carbocycles. The van der Waals surface area contributed by atoms with E-state index in [1.54, 1.807) is 32.9 Å². The molecule has 0 amide bonds. The van der Waals surface area contributed by atoms with Gasteiger partial charge < -0.3 is 19.4 Å². The highest BCUT2D eigenvalue weighted by Gasteiger charge is 2.34. The SMILES string of the molecule is CCOC(=O)c1cc2nc(-c3cc(C(C)(C)S(C)(=O)=O)cc(N4CCOC[C@@H]4CC)n3)ccc2[nH]1. The Morgan fingerprint density at radius 1 is 1.20 bits per heavy atom. The quantitative estimate of drug-likeness (QED) is 0.489. The molecule has 3 aromatic rings. The standard InChI is InChI=1S/C25H32N4O5S/c1-6-17-15-33-11-10-29(17)23-13-16(25(3,4)35(5,31)32)12-20(28-23)18-8-9-19-21(26-18)14-22(27-19)24(30)34-7-2/h8-9,12-14,17,27H,6-7,10-11,15H2,1-5H3/t17-/m0/s1. The molecule has 0 bridgehead atoms.